The molecule has 0 saturated heterocycles. The van der Waals surface area contributed by atoms with Crippen molar-refractivity contribution in [1.82, 2.24) is 0 Å². The quantitative estimate of drug-likeness (QED) is 0.524. The molecule has 1 heteroatoms. The van der Waals surface area contributed by atoms with Gasteiger partial charge in [0.2, 0.25) is 0 Å². The Morgan fingerprint density at radius 1 is 1.70 bits per heavy atom. The zero-order chi connectivity index (χ0) is 7.40. The number of benzene rings is 1. The van der Waals surface area contributed by atoms with E-state index in [4.69, 9.17) is 11.2 Å². The number of methoxy groups -OCH3 is 1. The predicted molar refractivity (Wildman–Crippen MR) is 39.8 cm³/mol. The summed E-state index contributed by atoms with van der Waals surface area (Å²) in [4.78, 5) is 0. The van der Waals surface area contributed by atoms with Gasteiger partial charge in [0.05, 0.1) is 12.7 Å². The summed E-state index contributed by atoms with van der Waals surface area (Å²) >= 11 is 0. The molecule has 0 aromatic heterocycles. The Labute approximate surface area is 60.6 Å². The van der Waals surface area contributed by atoms with E-state index in [2.05, 4.69) is 12.0 Å². The van der Waals surface area contributed by atoms with Crippen LogP contribution in [-0.2, 0) is 0 Å². The van der Waals surface area contributed by atoms with Crippen molar-refractivity contribution < 1.29 is 4.74 Å². The molecule has 10 heavy (non-hydrogen) atoms. The highest BCUT2D eigenvalue weighted by molar-refractivity contribution is 5.43. The first kappa shape index (κ1) is 6.70. The molecule has 0 N–H and O–H groups in total. The van der Waals surface area contributed by atoms with E-state index in [1.54, 1.807) is 13.2 Å². The lowest BCUT2D eigenvalue weighted by atomic mass is 10.2. The van der Waals surface area contributed by atoms with Gasteiger partial charge in [-0.25, -0.2) is 0 Å². The van der Waals surface area contributed by atoms with Crippen molar-refractivity contribution >= 4 is 0 Å². The van der Waals surface area contributed by atoms with Gasteiger partial charge in [-0.05, 0) is 6.07 Å². The Kier molecular flexibility index (Phi) is 1.96. The van der Waals surface area contributed by atoms with Gasteiger partial charge >= 0.3 is 0 Å². The average molecular weight is 131 g/mol. The van der Waals surface area contributed by atoms with Crippen LogP contribution in [-0.4, -0.2) is 7.11 Å². The first-order valence-electron chi connectivity index (χ1n) is 2.90. The van der Waals surface area contributed by atoms with E-state index in [0.717, 1.165) is 0 Å². The summed E-state index contributed by atoms with van der Waals surface area (Å²) in [5.41, 5.74) is 0.671. The number of rotatable bonds is 1. The fourth-order valence-electron chi connectivity index (χ4n) is 0.704. The lowest BCUT2D eigenvalue weighted by Crippen LogP contribution is -1.85. The lowest BCUT2D eigenvalue weighted by Gasteiger charge is -1.99. The van der Waals surface area contributed by atoms with Crippen molar-refractivity contribution in [3.8, 4) is 18.1 Å². The van der Waals surface area contributed by atoms with E-state index in [1.807, 2.05) is 12.1 Å². The molecule has 0 bridgehead atoms. The maximum atomic E-state index is 5.16. The standard InChI is InChI=1S/C9H7O/c1-3-8-6-4-5-7-9(8)10-2/h1,4-5,7H,2H3. The molecule has 0 fully saturated rings. The summed E-state index contributed by atoms with van der Waals surface area (Å²) in [7, 11) is 1.59. The predicted octanol–water partition coefficient (Wildman–Crippen LogP) is 1.48. The first-order valence-corrected chi connectivity index (χ1v) is 2.90. The van der Waals surface area contributed by atoms with E-state index in [0.29, 0.717) is 11.3 Å². The van der Waals surface area contributed by atoms with Crippen LogP contribution in [0.5, 0.6) is 5.75 Å². The Hall–Kier alpha value is -1.42. The van der Waals surface area contributed by atoms with Gasteiger partial charge in [0.1, 0.15) is 5.75 Å². The van der Waals surface area contributed by atoms with Crippen LogP contribution in [0.3, 0.4) is 0 Å². The largest absolute Gasteiger partial charge is 0.495 e. The van der Waals surface area contributed by atoms with Crippen LogP contribution >= 0.6 is 0 Å². The van der Waals surface area contributed by atoms with E-state index < -0.39 is 0 Å². The minimum Gasteiger partial charge on any atom is -0.495 e. The molecule has 0 heterocycles. The fraction of sp³-hybridized carbons (Fsp3) is 0.111. The van der Waals surface area contributed by atoms with Gasteiger partial charge in [-0.2, -0.15) is 0 Å². The molecule has 0 atom stereocenters. The second-order valence-corrected chi connectivity index (χ2v) is 1.76. The lowest BCUT2D eigenvalue weighted by molar-refractivity contribution is 0.413. The van der Waals surface area contributed by atoms with E-state index in [9.17, 15) is 0 Å². The van der Waals surface area contributed by atoms with Gasteiger partial charge in [0.25, 0.3) is 0 Å². The fourth-order valence-corrected chi connectivity index (χ4v) is 0.704. The molecule has 1 radical (unpaired) electrons. The second kappa shape index (κ2) is 2.93. The molecule has 0 unspecified atom stereocenters. The van der Waals surface area contributed by atoms with Gasteiger partial charge in [-0.3, -0.25) is 0 Å². The Bertz CT molecular complexity index is 258. The molecule has 1 aromatic carbocycles. The normalized spacial score (nSPS) is 8.40. The molecule has 1 aromatic rings. The maximum absolute atomic E-state index is 5.16. The van der Waals surface area contributed by atoms with Gasteiger partial charge < -0.3 is 4.74 Å². The summed E-state index contributed by atoms with van der Waals surface area (Å²) in [6.07, 6.45) is 5.16. The van der Waals surface area contributed by atoms with Gasteiger partial charge in [0, 0.05) is 6.07 Å². The van der Waals surface area contributed by atoms with Crippen LogP contribution in [0, 0.1) is 18.4 Å². The maximum Gasteiger partial charge on any atom is 0.135 e. The number of hydrogen-bond donors (Lipinski definition) is 0. The summed E-state index contributed by atoms with van der Waals surface area (Å²) < 4.78 is 4.96. The van der Waals surface area contributed by atoms with Crippen molar-refractivity contribution in [2.75, 3.05) is 7.11 Å². The molecular weight excluding hydrogens is 124 g/mol. The molecule has 0 aliphatic carbocycles. The van der Waals surface area contributed by atoms with Crippen LogP contribution < -0.4 is 4.74 Å². The highest BCUT2D eigenvalue weighted by Crippen LogP contribution is 2.14. The first-order chi connectivity index (χ1) is 4.88. The van der Waals surface area contributed by atoms with Gasteiger partial charge in [0.15, 0.2) is 0 Å². The van der Waals surface area contributed by atoms with Crippen LogP contribution in [0.4, 0.5) is 0 Å². The van der Waals surface area contributed by atoms with E-state index >= 15 is 0 Å². The zero-order valence-corrected chi connectivity index (χ0v) is 5.72. The molecule has 0 aliphatic rings. The Balaban J connectivity index is 3.12. The smallest absolute Gasteiger partial charge is 0.135 e. The molecule has 49 valence electrons. The summed E-state index contributed by atoms with van der Waals surface area (Å²) in [5, 5.41) is 0. The van der Waals surface area contributed by atoms with Crippen LogP contribution in [0.1, 0.15) is 5.56 Å². The minimum absolute atomic E-state index is 0.671. The summed E-state index contributed by atoms with van der Waals surface area (Å²) in [6.45, 7) is 0. The molecule has 0 spiro atoms. The molecule has 0 saturated carbocycles. The van der Waals surface area contributed by atoms with E-state index in [1.165, 1.54) is 0 Å². The van der Waals surface area contributed by atoms with Crippen LogP contribution in [0.25, 0.3) is 0 Å². The molecule has 0 aliphatic heterocycles. The van der Waals surface area contributed by atoms with Crippen molar-refractivity contribution in [2.45, 2.75) is 0 Å². The van der Waals surface area contributed by atoms with Crippen LogP contribution in [0.15, 0.2) is 18.2 Å². The molecule has 0 amide bonds. The third kappa shape index (κ3) is 1.11. The zero-order valence-electron chi connectivity index (χ0n) is 5.72. The van der Waals surface area contributed by atoms with Crippen LogP contribution in [0.2, 0.25) is 0 Å². The summed E-state index contributed by atoms with van der Waals surface area (Å²) in [5.74, 6) is 3.17. The topological polar surface area (TPSA) is 9.23 Å². The molecular formula is C9H7O. The van der Waals surface area contributed by atoms with Gasteiger partial charge in [-0.1, -0.05) is 18.1 Å². The van der Waals surface area contributed by atoms with E-state index in [-0.39, 0.29) is 0 Å². The Morgan fingerprint density at radius 2 is 2.50 bits per heavy atom. The number of hydrogen-bond acceptors (Lipinski definition) is 1. The van der Waals surface area contributed by atoms with Crippen molar-refractivity contribution in [1.29, 1.82) is 0 Å². The van der Waals surface area contributed by atoms with Gasteiger partial charge in [-0.15, -0.1) is 6.42 Å². The number of terminal acetylenes is 1. The molecule has 1 nitrogen and oxygen atoms in total. The third-order valence-corrected chi connectivity index (χ3v) is 1.18. The SMILES string of the molecule is C#Cc1[c]cccc1OC. The minimum atomic E-state index is 0.671. The monoisotopic (exact) mass is 131 g/mol. The number of ether oxygens (including phenoxy) is 1. The highest BCUT2D eigenvalue weighted by Gasteiger charge is 1.94. The average Bonchev–Trinajstić information content (AvgIpc) is 2.04. The third-order valence-electron chi connectivity index (χ3n) is 1.18. The second-order valence-electron chi connectivity index (χ2n) is 1.76. The molecule has 1 rings (SSSR count). The highest BCUT2D eigenvalue weighted by atomic mass is 16.5. The Morgan fingerprint density at radius 3 is 3.00 bits per heavy atom. The van der Waals surface area contributed by atoms with Crippen molar-refractivity contribution in [3.63, 3.8) is 0 Å². The summed E-state index contributed by atoms with van der Waals surface area (Å²) in [6, 6.07) is 8.28. The van der Waals surface area contributed by atoms with Crippen molar-refractivity contribution in [2.24, 2.45) is 0 Å². The van der Waals surface area contributed by atoms with Crippen molar-refractivity contribution in [3.05, 3.63) is 29.8 Å².